The van der Waals surface area contributed by atoms with Crippen LogP contribution in [0.2, 0.25) is 0 Å². The van der Waals surface area contributed by atoms with E-state index in [1.165, 1.54) is 12.1 Å². The minimum atomic E-state index is -0.366. The Labute approximate surface area is 62.9 Å². The van der Waals surface area contributed by atoms with E-state index in [1.807, 2.05) is 0 Å². The maximum Gasteiger partial charge on any atom is 1.00 e. The molecule has 4 heteroatoms. The molecule has 0 unspecified atom stereocenters. The predicted molar refractivity (Wildman–Crippen MR) is 24.0 cm³/mol. The number of hydrogen-bond donors (Lipinski definition) is 0. The van der Waals surface area contributed by atoms with Crippen molar-refractivity contribution < 1.29 is 28.7 Å². The molecule has 0 spiro atoms. The van der Waals surface area contributed by atoms with E-state index in [0.29, 0.717) is 0 Å². The van der Waals surface area contributed by atoms with Crippen LogP contribution in [-0.2, 0) is 4.74 Å². The van der Waals surface area contributed by atoms with Crippen LogP contribution >= 0.6 is 15.9 Å². The van der Waals surface area contributed by atoms with Crippen LogP contribution < -0.4 is 24.0 Å². The summed E-state index contributed by atoms with van der Waals surface area (Å²) in [4.78, 5) is 1.17. The van der Waals surface area contributed by atoms with Crippen LogP contribution in [0.15, 0.2) is 10.9 Å². The van der Waals surface area contributed by atoms with Crippen molar-refractivity contribution in [2.24, 2.45) is 0 Å². The second-order valence-electron chi connectivity index (χ2n) is 0.632. The second kappa shape index (κ2) is 6.42. The molecular weight excluding hydrogens is 155 g/mol. The summed E-state index contributed by atoms with van der Waals surface area (Å²) in [5, 5.41) is 9.86. The van der Waals surface area contributed by atoms with Gasteiger partial charge in [-0.15, -0.1) is 0 Å². The van der Waals surface area contributed by atoms with Crippen LogP contribution in [-0.4, -0.2) is 7.11 Å². The summed E-state index contributed by atoms with van der Waals surface area (Å²) in [5.74, 6) is -0.366. The molecule has 0 saturated carbocycles. The molecule has 0 bridgehead atoms. The maximum atomic E-state index is 9.86. The van der Waals surface area contributed by atoms with Crippen LogP contribution in [0.3, 0.4) is 0 Å². The van der Waals surface area contributed by atoms with E-state index in [4.69, 9.17) is 0 Å². The SMILES string of the molecule is CO/C([O-])=C/Br.[Li+]. The summed E-state index contributed by atoms with van der Waals surface area (Å²) in [6.07, 6.45) is 0. The quantitative estimate of drug-likeness (QED) is 0.305. The van der Waals surface area contributed by atoms with Gasteiger partial charge < -0.3 is 9.84 Å². The Balaban J connectivity index is 0. The van der Waals surface area contributed by atoms with E-state index in [0.717, 1.165) is 0 Å². The Morgan fingerprint density at radius 3 is 2.29 bits per heavy atom. The molecule has 0 rings (SSSR count). The van der Waals surface area contributed by atoms with Gasteiger partial charge in [-0.1, -0.05) is 15.9 Å². The Kier molecular flexibility index (Phi) is 9.54. The normalized spacial score (nSPS) is 9.71. The summed E-state index contributed by atoms with van der Waals surface area (Å²) in [6.45, 7) is 0. The van der Waals surface area contributed by atoms with E-state index in [1.54, 1.807) is 0 Å². The number of methoxy groups -OCH3 is 1. The molecule has 7 heavy (non-hydrogen) atoms. The fraction of sp³-hybridized carbons (Fsp3) is 0.333. The van der Waals surface area contributed by atoms with Gasteiger partial charge in [-0.2, -0.15) is 0 Å². The van der Waals surface area contributed by atoms with E-state index >= 15 is 0 Å². The van der Waals surface area contributed by atoms with Gasteiger partial charge in [-0.25, -0.2) is 0 Å². The number of halogens is 1. The molecule has 0 radical (unpaired) electrons. The monoisotopic (exact) mass is 158 g/mol. The van der Waals surface area contributed by atoms with Crippen molar-refractivity contribution in [3.05, 3.63) is 10.9 Å². The number of rotatable bonds is 1. The van der Waals surface area contributed by atoms with Crippen molar-refractivity contribution in [2.75, 3.05) is 7.11 Å². The first-order valence-electron chi connectivity index (χ1n) is 1.32. The molecule has 2 nitrogen and oxygen atoms in total. The Hall–Kier alpha value is 0.417. The first-order valence-corrected chi connectivity index (χ1v) is 2.24. The minimum Gasteiger partial charge on any atom is -0.616 e. The molecule has 0 aliphatic rings. The molecule has 0 amide bonds. The van der Waals surface area contributed by atoms with Gasteiger partial charge in [0.2, 0.25) is 0 Å². The molecule has 0 fully saturated rings. The molecule has 0 aromatic rings. The molecule has 0 aromatic carbocycles. The summed E-state index contributed by atoms with van der Waals surface area (Å²) in [6, 6.07) is 0. The zero-order chi connectivity index (χ0) is 4.99. The molecule has 0 N–H and O–H groups in total. The standard InChI is InChI=1S/C3H5BrO2.Li/c1-6-3(5)2-4;/h2,5H,1H3;/q;+1/p-1/b3-2+;. The third kappa shape index (κ3) is 6.42. The fourth-order valence-electron chi connectivity index (χ4n) is 0.0445. The summed E-state index contributed by atoms with van der Waals surface area (Å²) in [7, 11) is 1.32. The fourth-order valence-corrected chi connectivity index (χ4v) is 0.231. The molecule has 0 aliphatic carbocycles. The average Bonchev–Trinajstić information content (AvgIpc) is 1.65. The minimum absolute atomic E-state index is 0. The Bertz CT molecular complexity index is 64.0. The van der Waals surface area contributed by atoms with Crippen LogP contribution in [0.5, 0.6) is 0 Å². The van der Waals surface area contributed by atoms with Crippen molar-refractivity contribution in [3.8, 4) is 0 Å². The van der Waals surface area contributed by atoms with E-state index in [9.17, 15) is 5.11 Å². The maximum absolute atomic E-state index is 9.86. The number of ether oxygens (including phenoxy) is 1. The summed E-state index contributed by atoms with van der Waals surface area (Å²) in [5.41, 5.74) is 0. The van der Waals surface area contributed by atoms with Gasteiger partial charge in [-0.05, 0) is 7.11 Å². The van der Waals surface area contributed by atoms with Crippen LogP contribution in [0.4, 0.5) is 0 Å². The van der Waals surface area contributed by atoms with Crippen molar-refractivity contribution in [2.45, 2.75) is 0 Å². The first-order chi connectivity index (χ1) is 2.81. The molecule has 0 aliphatic heterocycles. The topological polar surface area (TPSA) is 32.3 Å². The van der Waals surface area contributed by atoms with Gasteiger partial charge in [0.15, 0.2) is 0 Å². The van der Waals surface area contributed by atoms with Gasteiger partial charge in [-0.3, -0.25) is 0 Å². The Morgan fingerprint density at radius 2 is 2.29 bits per heavy atom. The zero-order valence-corrected chi connectivity index (χ0v) is 5.86. The zero-order valence-electron chi connectivity index (χ0n) is 4.27. The average molecular weight is 159 g/mol. The Morgan fingerprint density at radius 1 is 1.86 bits per heavy atom. The molecular formula is C3H4BrLiO2. The van der Waals surface area contributed by atoms with Crippen molar-refractivity contribution >= 4 is 15.9 Å². The van der Waals surface area contributed by atoms with Gasteiger partial charge in [0.1, 0.15) is 0 Å². The van der Waals surface area contributed by atoms with Gasteiger partial charge >= 0.3 is 18.9 Å². The molecule has 36 valence electrons. The van der Waals surface area contributed by atoms with Gasteiger partial charge in [0.25, 0.3) is 0 Å². The van der Waals surface area contributed by atoms with Crippen LogP contribution in [0.1, 0.15) is 0 Å². The van der Waals surface area contributed by atoms with Crippen LogP contribution in [0.25, 0.3) is 0 Å². The molecule has 0 saturated heterocycles. The van der Waals surface area contributed by atoms with E-state index < -0.39 is 0 Å². The summed E-state index contributed by atoms with van der Waals surface area (Å²) < 4.78 is 4.16. The van der Waals surface area contributed by atoms with Crippen LogP contribution in [0, 0.1) is 0 Å². The van der Waals surface area contributed by atoms with Gasteiger partial charge in [0, 0.05) is 4.99 Å². The number of hydrogen-bond acceptors (Lipinski definition) is 2. The van der Waals surface area contributed by atoms with Crippen molar-refractivity contribution in [3.63, 3.8) is 0 Å². The summed E-state index contributed by atoms with van der Waals surface area (Å²) >= 11 is 2.78. The van der Waals surface area contributed by atoms with Crippen molar-refractivity contribution in [1.29, 1.82) is 0 Å². The smallest absolute Gasteiger partial charge is 0.616 e. The van der Waals surface area contributed by atoms with Gasteiger partial charge in [0.05, 0.1) is 5.95 Å². The predicted octanol–water partition coefficient (Wildman–Crippen LogP) is -2.81. The largest absolute Gasteiger partial charge is 1.00 e. The third-order valence-corrected chi connectivity index (χ3v) is 0.664. The molecule has 0 atom stereocenters. The first kappa shape index (κ1) is 10.4. The van der Waals surface area contributed by atoms with Crippen molar-refractivity contribution in [1.82, 2.24) is 0 Å². The molecule has 0 aromatic heterocycles. The third-order valence-electron chi connectivity index (χ3n) is 0.290. The van der Waals surface area contributed by atoms with E-state index in [-0.39, 0.29) is 24.8 Å². The second-order valence-corrected chi connectivity index (χ2v) is 1.09. The van der Waals surface area contributed by atoms with E-state index in [2.05, 4.69) is 20.7 Å². The molecule has 0 heterocycles.